The maximum atomic E-state index is 12.0. The molecule has 0 unspecified atom stereocenters. The molecule has 27 heavy (non-hydrogen) atoms. The molecule has 0 aliphatic carbocycles. The van der Waals surface area contributed by atoms with Crippen molar-refractivity contribution in [2.24, 2.45) is 5.10 Å². The molecule has 0 spiro atoms. The fourth-order valence-electron chi connectivity index (χ4n) is 2.21. The van der Waals surface area contributed by atoms with Gasteiger partial charge in [-0.1, -0.05) is 42.5 Å². The molecule has 0 radical (unpaired) electrons. The summed E-state index contributed by atoms with van der Waals surface area (Å²) >= 11 is 0. The molecular formula is C17H18N4O5S. The fourth-order valence-corrected chi connectivity index (χ4v) is 2.95. The van der Waals surface area contributed by atoms with Crippen molar-refractivity contribution in [2.75, 3.05) is 12.8 Å². The average molecular weight is 390 g/mol. The molecule has 2 rings (SSSR count). The van der Waals surface area contributed by atoms with Gasteiger partial charge in [-0.25, -0.2) is 13.8 Å². The van der Waals surface area contributed by atoms with E-state index in [2.05, 4.69) is 10.5 Å². The number of hydrogen-bond donors (Lipinski definition) is 1. The van der Waals surface area contributed by atoms with E-state index >= 15 is 0 Å². The average Bonchev–Trinajstić information content (AvgIpc) is 2.61. The van der Waals surface area contributed by atoms with E-state index in [1.165, 1.54) is 18.2 Å². The lowest BCUT2D eigenvalue weighted by molar-refractivity contribution is -0.385. The van der Waals surface area contributed by atoms with Gasteiger partial charge in [0.05, 0.1) is 29.5 Å². The molecule has 0 atom stereocenters. The minimum Gasteiger partial charge on any atom is -0.272 e. The molecule has 0 aliphatic heterocycles. The maximum Gasteiger partial charge on any atom is 0.278 e. The van der Waals surface area contributed by atoms with E-state index in [4.69, 9.17) is 0 Å². The highest BCUT2D eigenvalue weighted by atomic mass is 32.2. The molecule has 142 valence electrons. The third-order valence-corrected chi connectivity index (χ3v) is 4.71. The van der Waals surface area contributed by atoms with Gasteiger partial charge in [0.25, 0.3) is 11.6 Å². The summed E-state index contributed by atoms with van der Waals surface area (Å²) in [5.74, 6) is -0.661. The van der Waals surface area contributed by atoms with Gasteiger partial charge in [0.15, 0.2) is 0 Å². The molecule has 9 nitrogen and oxygen atoms in total. The Bertz CT molecular complexity index is 945. The summed E-state index contributed by atoms with van der Waals surface area (Å²) in [6.07, 6.45) is 2.15. The van der Waals surface area contributed by atoms with E-state index in [9.17, 15) is 23.3 Å². The van der Waals surface area contributed by atoms with E-state index in [0.29, 0.717) is 0 Å². The van der Waals surface area contributed by atoms with E-state index in [1.807, 2.05) is 0 Å². The third-order valence-electron chi connectivity index (χ3n) is 3.52. The lowest BCUT2D eigenvalue weighted by Crippen LogP contribution is -2.38. The zero-order valence-corrected chi connectivity index (χ0v) is 15.3. The molecule has 0 aliphatic rings. The summed E-state index contributed by atoms with van der Waals surface area (Å²) in [5, 5.41) is 14.6. The largest absolute Gasteiger partial charge is 0.278 e. The second kappa shape index (κ2) is 9.01. The Morgan fingerprint density at radius 2 is 1.81 bits per heavy atom. The van der Waals surface area contributed by atoms with Gasteiger partial charge in [0.1, 0.15) is 0 Å². The first-order valence-corrected chi connectivity index (χ1v) is 9.66. The number of nitro groups is 1. The minimum atomic E-state index is -3.62. The van der Waals surface area contributed by atoms with Crippen LogP contribution in [0, 0.1) is 10.1 Å². The number of hydrazone groups is 1. The summed E-state index contributed by atoms with van der Waals surface area (Å²) in [6, 6.07) is 14.8. The highest BCUT2D eigenvalue weighted by Gasteiger charge is 2.20. The number of carbonyl (C=O) groups excluding carboxylic acids is 1. The number of nitrogens with one attached hydrogen (secondary N) is 1. The third kappa shape index (κ3) is 6.28. The smallest absolute Gasteiger partial charge is 0.272 e. The number of sulfonamides is 1. The van der Waals surface area contributed by atoms with Gasteiger partial charge in [-0.2, -0.15) is 9.41 Å². The van der Waals surface area contributed by atoms with Crippen molar-refractivity contribution in [3.8, 4) is 0 Å². The SMILES string of the molecule is CS(=O)(=O)N(CC(=O)N/N=C\c1ccccc1[N+](=O)[O-])Cc1ccccc1. The van der Waals surface area contributed by atoms with Crippen molar-refractivity contribution in [2.45, 2.75) is 6.54 Å². The van der Waals surface area contributed by atoms with Crippen LogP contribution in [0.15, 0.2) is 59.7 Å². The molecular weight excluding hydrogens is 372 g/mol. The first-order chi connectivity index (χ1) is 12.8. The lowest BCUT2D eigenvalue weighted by Gasteiger charge is -2.18. The Morgan fingerprint density at radius 3 is 2.44 bits per heavy atom. The molecule has 0 fully saturated rings. The number of nitrogens with zero attached hydrogens (tertiary/aromatic N) is 3. The minimum absolute atomic E-state index is 0.0426. The van der Waals surface area contributed by atoms with Crippen LogP contribution in [-0.4, -0.2) is 42.6 Å². The predicted molar refractivity (Wildman–Crippen MR) is 101 cm³/mol. The Balaban J connectivity index is 2.03. The first-order valence-electron chi connectivity index (χ1n) is 7.82. The Kier molecular flexibility index (Phi) is 6.74. The number of nitro benzene ring substituents is 1. The summed E-state index contributed by atoms with van der Waals surface area (Å²) in [4.78, 5) is 22.4. The number of para-hydroxylation sites is 1. The highest BCUT2D eigenvalue weighted by molar-refractivity contribution is 7.88. The maximum absolute atomic E-state index is 12.0. The van der Waals surface area contributed by atoms with Crippen molar-refractivity contribution in [3.63, 3.8) is 0 Å². The predicted octanol–water partition coefficient (Wildman–Crippen LogP) is 1.51. The van der Waals surface area contributed by atoms with Crippen molar-refractivity contribution < 1.29 is 18.1 Å². The topological polar surface area (TPSA) is 122 Å². The zero-order valence-electron chi connectivity index (χ0n) is 14.5. The summed E-state index contributed by atoms with van der Waals surface area (Å²) < 4.78 is 24.8. The normalized spacial score (nSPS) is 11.6. The molecule has 0 bridgehead atoms. The van der Waals surface area contributed by atoms with E-state index in [-0.39, 0.29) is 17.8 Å². The molecule has 0 saturated carbocycles. The number of rotatable bonds is 8. The van der Waals surface area contributed by atoms with Crippen molar-refractivity contribution in [3.05, 3.63) is 75.8 Å². The first kappa shape index (κ1) is 20.2. The van der Waals surface area contributed by atoms with E-state index in [0.717, 1.165) is 22.3 Å². The monoisotopic (exact) mass is 390 g/mol. The Labute approximate surface area is 156 Å². The van der Waals surface area contributed by atoms with Gasteiger partial charge in [-0.3, -0.25) is 14.9 Å². The van der Waals surface area contributed by atoms with Crippen LogP contribution in [0.3, 0.4) is 0 Å². The van der Waals surface area contributed by atoms with Gasteiger partial charge in [0.2, 0.25) is 10.0 Å². The van der Waals surface area contributed by atoms with Crippen LogP contribution in [0.25, 0.3) is 0 Å². The fraction of sp³-hybridized carbons (Fsp3) is 0.176. The van der Waals surface area contributed by atoms with Crippen molar-refractivity contribution >= 4 is 27.8 Å². The summed E-state index contributed by atoms with van der Waals surface area (Å²) in [5.41, 5.74) is 2.98. The highest BCUT2D eigenvalue weighted by Crippen LogP contribution is 2.15. The molecule has 0 aromatic heterocycles. The molecule has 2 aromatic rings. The van der Waals surface area contributed by atoms with Crippen molar-refractivity contribution in [1.82, 2.24) is 9.73 Å². The van der Waals surface area contributed by atoms with Gasteiger partial charge >= 0.3 is 0 Å². The van der Waals surface area contributed by atoms with Crippen molar-refractivity contribution in [1.29, 1.82) is 0 Å². The standard InChI is InChI=1S/C17H18N4O5S/c1-27(25,26)20(12-14-7-3-2-4-8-14)13-17(22)19-18-11-15-9-5-6-10-16(15)21(23)24/h2-11H,12-13H2,1H3,(H,19,22)/b18-11-. The van der Waals surface area contributed by atoms with Gasteiger partial charge in [-0.05, 0) is 11.6 Å². The van der Waals surface area contributed by atoms with Crippen LogP contribution in [0.2, 0.25) is 0 Å². The van der Waals surface area contributed by atoms with Crippen LogP contribution in [0.4, 0.5) is 5.69 Å². The van der Waals surface area contributed by atoms with E-state index in [1.54, 1.807) is 36.4 Å². The molecule has 0 saturated heterocycles. The Morgan fingerprint density at radius 1 is 1.19 bits per heavy atom. The molecule has 1 N–H and O–H groups in total. The molecule has 2 aromatic carbocycles. The second-order valence-electron chi connectivity index (χ2n) is 5.63. The van der Waals surface area contributed by atoms with Crippen LogP contribution in [0.1, 0.15) is 11.1 Å². The van der Waals surface area contributed by atoms with E-state index < -0.39 is 27.4 Å². The van der Waals surface area contributed by atoms with Crippen LogP contribution < -0.4 is 5.43 Å². The van der Waals surface area contributed by atoms with Crippen LogP contribution in [0.5, 0.6) is 0 Å². The number of amides is 1. The van der Waals surface area contributed by atoms with Crippen LogP contribution >= 0.6 is 0 Å². The zero-order chi connectivity index (χ0) is 19.9. The summed E-state index contributed by atoms with van der Waals surface area (Å²) in [6.45, 7) is -0.386. The number of benzene rings is 2. The number of carbonyl (C=O) groups is 1. The molecule has 1 amide bonds. The van der Waals surface area contributed by atoms with Gasteiger partial charge in [0, 0.05) is 12.6 Å². The molecule has 0 heterocycles. The molecule has 10 heteroatoms. The number of hydrogen-bond acceptors (Lipinski definition) is 6. The lowest BCUT2D eigenvalue weighted by atomic mass is 10.2. The second-order valence-corrected chi connectivity index (χ2v) is 7.61. The van der Waals surface area contributed by atoms with Gasteiger partial charge in [-0.15, -0.1) is 0 Å². The van der Waals surface area contributed by atoms with Gasteiger partial charge < -0.3 is 0 Å². The van der Waals surface area contributed by atoms with Crippen LogP contribution in [-0.2, 0) is 21.4 Å². The Hall–Kier alpha value is -3.11. The quantitative estimate of drug-likeness (QED) is 0.416. The summed E-state index contributed by atoms with van der Waals surface area (Å²) in [7, 11) is -3.62.